The Bertz CT molecular complexity index is 839. The Kier molecular flexibility index (Phi) is 11.9. The molecule has 4 amide bonds. The van der Waals surface area contributed by atoms with E-state index in [1.165, 1.54) is 0 Å². The number of carboxylic acids is 1. The number of carbonyl (C=O) groups excluding carboxylic acids is 4. The van der Waals surface area contributed by atoms with Crippen molar-refractivity contribution in [2.24, 2.45) is 11.5 Å². The van der Waals surface area contributed by atoms with Gasteiger partial charge in [0.2, 0.25) is 23.6 Å². The third-order valence-corrected chi connectivity index (χ3v) is 4.92. The fraction of sp³-hybridized carbons (Fsp3) is 0.450. The first-order chi connectivity index (χ1) is 15.6. The zero-order chi connectivity index (χ0) is 25.0. The monoisotopic (exact) mass is 483 g/mol. The highest BCUT2D eigenvalue weighted by Gasteiger charge is 2.30. The van der Waals surface area contributed by atoms with Gasteiger partial charge in [-0.3, -0.25) is 19.2 Å². The molecule has 1 aromatic rings. The first kappa shape index (κ1) is 27.9. The van der Waals surface area contributed by atoms with E-state index >= 15 is 0 Å². The summed E-state index contributed by atoms with van der Waals surface area (Å²) in [5.74, 6) is -4.68. The lowest BCUT2D eigenvalue weighted by Crippen LogP contribution is -2.58. The van der Waals surface area contributed by atoms with Gasteiger partial charge < -0.3 is 37.6 Å². The molecule has 0 radical (unpaired) electrons. The SMILES string of the molecule is NC(=O)CCC(NC(=O)C(Cc1ccccc1)NC(=O)C(N)CO)C(=O)NC(CS)C(=O)O. The summed E-state index contributed by atoms with van der Waals surface area (Å²) in [5, 5.41) is 25.3. The van der Waals surface area contributed by atoms with E-state index < -0.39 is 60.4 Å². The van der Waals surface area contributed by atoms with Crippen LogP contribution in [0.4, 0.5) is 0 Å². The number of aliphatic hydroxyl groups is 1. The first-order valence-corrected chi connectivity index (χ1v) is 10.7. The molecule has 0 aliphatic carbocycles. The molecule has 0 saturated carbocycles. The highest BCUT2D eigenvalue weighted by molar-refractivity contribution is 7.80. The van der Waals surface area contributed by atoms with Gasteiger partial charge in [0.1, 0.15) is 24.2 Å². The smallest absolute Gasteiger partial charge is 0.327 e. The van der Waals surface area contributed by atoms with Crippen molar-refractivity contribution >= 4 is 42.2 Å². The van der Waals surface area contributed by atoms with Gasteiger partial charge in [0.05, 0.1) is 6.61 Å². The molecule has 1 aromatic carbocycles. The summed E-state index contributed by atoms with van der Waals surface area (Å²) in [7, 11) is 0. The number of thiol groups is 1. The van der Waals surface area contributed by atoms with Crippen molar-refractivity contribution in [2.75, 3.05) is 12.4 Å². The number of amides is 4. The van der Waals surface area contributed by atoms with Crippen molar-refractivity contribution in [1.82, 2.24) is 16.0 Å². The van der Waals surface area contributed by atoms with Crippen molar-refractivity contribution in [1.29, 1.82) is 0 Å². The van der Waals surface area contributed by atoms with Gasteiger partial charge in [-0.15, -0.1) is 0 Å². The van der Waals surface area contributed by atoms with Crippen LogP contribution in [0.2, 0.25) is 0 Å². The van der Waals surface area contributed by atoms with Gasteiger partial charge in [0.25, 0.3) is 0 Å². The predicted octanol–water partition coefficient (Wildman–Crippen LogP) is -2.72. The molecular weight excluding hydrogens is 454 g/mol. The molecule has 0 bridgehead atoms. The lowest BCUT2D eigenvalue weighted by molar-refractivity contribution is -0.141. The van der Waals surface area contributed by atoms with Gasteiger partial charge in [-0.1, -0.05) is 30.3 Å². The maximum absolute atomic E-state index is 13.0. The molecule has 0 aliphatic heterocycles. The molecule has 182 valence electrons. The molecule has 0 saturated heterocycles. The summed E-state index contributed by atoms with van der Waals surface area (Å²) in [6.07, 6.45) is -0.425. The third-order valence-electron chi connectivity index (χ3n) is 4.56. The number of rotatable bonds is 14. The fourth-order valence-corrected chi connectivity index (χ4v) is 2.95. The number of hydrogen-bond acceptors (Lipinski definition) is 8. The quantitative estimate of drug-likeness (QED) is 0.130. The number of benzene rings is 1. The van der Waals surface area contributed by atoms with E-state index in [0.717, 1.165) is 0 Å². The lowest BCUT2D eigenvalue weighted by atomic mass is 10.0. The Morgan fingerprint density at radius 3 is 1.97 bits per heavy atom. The summed E-state index contributed by atoms with van der Waals surface area (Å²) in [6.45, 7) is -0.643. The molecule has 0 aromatic heterocycles. The molecule has 1 rings (SSSR count). The number of carboxylic acid groups (broad SMARTS) is 1. The molecule has 0 fully saturated rings. The number of nitrogens with two attached hydrogens (primary N) is 2. The first-order valence-electron chi connectivity index (χ1n) is 10.0. The maximum atomic E-state index is 13.0. The molecule has 13 heteroatoms. The van der Waals surface area contributed by atoms with Crippen LogP contribution in [-0.4, -0.2) is 76.3 Å². The summed E-state index contributed by atoms with van der Waals surface area (Å²) in [4.78, 5) is 60.2. The second-order valence-electron chi connectivity index (χ2n) is 7.19. The van der Waals surface area contributed by atoms with Crippen LogP contribution in [0.1, 0.15) is 18.4 Å². The number of carbonyl (C=O) groups is 5. The van der Waals surface area contributed by atoms with Gasteiger partial charge in [0, 0.05) is 18.6 Å². The minimum atomic E-state index is -1.33. The molecule has 4 atom stereocenters. The molecule has 0 spiro atoms. The Morgan fingerprint density at radius 1 is 0.909 bits per heavy atom. The van der Waals surface area contributed by atoms with Crippen LogP contribution >= 0.6 is 12.6 Å². The zero-order valence-corrected chi connectivity index (χ0v) is 18.7. The number of primary amides is 1. The van der Waals surface area contributed by atoms with Gasteiger partial charge >= 0.3 is 5.97 Å². The summed E-state index contributed by atoms with van der Waals surface area (Å²) in [6, 6.07) is 3.60. The van der Waals surface area contributed by atoms with Crippen molar-refractivity contribution in [2.45, 2.75) is 43.4 Å². The number of nitrogens with one attached hydrogen (secondary N) is 3. The van der Waals surface area contributed by atoms with E-state index in [1.54, 1.807) is 30.3 Å². The zero-order valence-electron chi connectivity index (χ0n) is 17.8. The van der Waals surface area contributed by atoms with E-state index in [1.807, 2.05) is 0 Å². The molecule has 9 N–H and O–H groups in total. The molecule has 0 heterocycles. The lowest BCUT2D eigenvalue weighted by Gasteiger charge is -2.25. The average Bonchev–Trinajstić information content (AvgIpc) is 2.78. The van der Waals surface area contributed by atoms with E-state index in [4.69, 9.17) is 21.7 Å². The van der Waals surface area contributed by atoms with Crippen molar-refractivity contribution < 1.29 is 34.2 Å². The van der Waals surface area contributed by atoms with Crippen molar-refractivity contribution in [3.8, 4) is 0 Å². The van der Waals surface area contributed by atoms with Gasteiger partial charge in [0.15, 0.2) is 0 Å². The van der Waals surface area contributed by atoms with Gasteiger partial charge in [-0.2, -0.15) is 12.6 Å². The molecule has 0 aliphatic rings. The Morgan fingerprint density at radius 2 is 1.45 bits per heavy atom. The summed E-state index contributed by atoms with van der Waals surface area (Å²) < 4.78 is 0. The molecule has 33 heavy (non-hydrogen) atoms. The van der Waals surface area contributed by atoms with Crippen LogP contribution in [0.25, 0.3) is 0 Å². The number of aliphatic hydroxyl groups excluding tert-OH is 1. The Labute approximate surface area is 195 Å². The molecule has 12 nitrogen and oxygen atoms in total. The average molecular weight is 484 g/mol. The highest BCUT2D eigenvalue weighted by Crippen LogP contribution is 2.06. The van der Waals surface area contributed by atoms with Crippen LogP contribution in [0, 0.1) is 0 Å². The Hall–Kier alpha value is -3.16. The van der Waals surface area contributed by atoms with Gasteiger partial charge in [-0.25, -0.2) is 4.79 Å². The van der Waals surface area contributed by atoms with E-state index in [2.05, 4.69) is 28.6 Å². The number of aliphatic carboxylic acids is 1. The Balaban J connectivity index is 3.07. The fourth-order valence-electron chi connectivity index (χ4n) is 2.71. The largest absolute Gasteiger partial charge is 0.480 e. The van der Waals surface area contributed by atoms with Crippen LogP contribution < -0.4 is 27.4 Å². The summed E-state index contributed by atoms with van der Waals surface area (Å²) in [5.41, 5.74) is 11.3. The maximum Gasteiger partial charge on any atom is 0.327 e. The van der Waals surface area contributed by atoms with Gasteiger partial charge in [-0.05, 0) is 12.0 Å². The second kappa shape index (κ2) is 14.1. The minimum Gasteiger partial charge on any atom is -0.480 e. The predicted molar refractivity (Wildman–Crippen MR) is 121 cm³/mol. The minimum absolute atomic E-state index is 0.0368. The van der Waals surface area contributed by atoms with Crippen molar-refractivity contribution in [3.05, 3.63) is 35.9 Å². The van der Waals surface area contributed by atoms with E-state index in [-0.39, 0.29) is 25.0 Å². The number of hydrogen-bond donors (Lipinski definition) is 8. The molecule has 4 unspecified atom stereocenters. The second-order valence-corrected chi connectivity index (χ2v) is 7.55. The summed E-state index contributed by atoms with van der Waals surface area (Å²) >= 11 is 3.87. The highest BCUT2D eigenvalue weighted by atomic mass is 32.1. The standard InChI is InChI=1S/C20H29N5O7S/c21-12(9-26)17(28)24-14(8-11-4-2-1-3-5-11)19(30)23-13(6-7-16(22)27)18(29)25-15(10-33)20(31)32/h1-5,12-15,26,33H,6-10,21H2,(H2,22,27)(H,23,30)(H,24,28)(H,25,29)(H,31,32). The van der Waals surface area contributed by atoms with Crippen LogP contribution in [0.15, 0.2) is 30.3 Å². The normalized spacial score (nSPS) is 14.3. The van der Waals surface area contributed by atoms with E-state index in [9.17, 15) is 24.0 Å². The third kappa shape index (κ3) is 9.89. The van der Waals surface area contributed by atoms with Crippen LogP contribution in [0.5, 0.6) is 0 Å². The van der Waals surface area contributed by atoms with Crippen LogP contribution in [0.3, 0.4) is 0 Å². The van der Waals surface area contributed by atoms with E-state index in [0.29, 0.717) is 5.56 Å². The molecular formula is C20H29N5O7S. The van der Waals surface area contributed by atoms with Crippen LogP contribution in [-0.2, 0) is 30.4 Å². The van der Waals surface area contributed by atoms with Crippen molar-refractivity contribution in [3.63, 3.8) is 0 Å². The topological polar surface area (TPSA) is 214 Å².